The first-order valence-corrected chi connectivity index (χ1v) is 6.29. The molecule has 1 rings (SSSR count). The highest BCUT2D eigenvalue weighted by atomic mass is 79.9. The van der Waals surface area contributed by atoms with Crippen molar-refractivity contribution in [2.24, 2.45) is 0 Å². The summed E-state index contributed by atoms with van der Waals surface area (Å²) in [5.41, 5.74) is -0.532. The van der Waals surface area contributed by atoms with Gasteiger partial charge in [0.2, 0.25) is 0 Å². The molecule has 0 saturated heterocycles. The van der Waals surface area contributed by atoms with Gasteiger partial charge in [-0.1, -0.05) is 19.8 Å². The highest BCUT2D eigenvalue weighted by Gasteiger charge is 2.18. The molecule has 0 aromatic heterocycles. The van der Waals surface area contributed by atoms with Crippen molar-refractivity contribution in [3.8, 4) is 0 Å². The van der Waals surface area contributed by atoms with E-state index in [1.54, 1.807) is 0 Å². The van der Waals surface area contributed by atoms with Crippen LogP contribution in [0.25, 0.3) is 0 Å². The largest absolute Gasteiger partial charge is 0.352 e. The van der Waals surface area contributed by atoms with Crippen LogP contribution in [0.15, 0.2) is 16.6 Å². The number of carbonyl (C=O) groups is 1. The van der Waals surface area contributed by atoms with Crippen molar-refractivity contribution in [1.29, 1.82) is 0 Å². The third kappa shape index (κ3) is 3.77. The number of nitrogens with one attached hydrogen (secondary N) is 1. The van der Waals surface area contributed by atoms with Crippen molar-refractivity contribution in [2.75, 3.05) is 6.54 Å². The van der Waals surface area contributed by atoms with E-state index >= 15 is 0 Å². The van der Waals surface area contributed by atoms with E-state index in [1.165, 1.54) is 6.07 Å². The minimum atomic E-state index is -0.863. The van der Waals surface area contributed by atoms with Gasteiger partial charge in [0.15, 0.2) is 5.82 Å². The van der Waals surface area contributed by atoms with Crippen molar-refractivity contribution in [1.82, 2.24) is 5.32 Å². The van der Waals surface area contributed by atoms with Gasteiger partial charge in [-0.15, -0.1) is 0 Å². The van der Waals surface area contributed by atoms with Crippen LogP contribution in [0.1, 0.15) is 36.5 Å². The van der Waals surface area contributed by atoms with Crippen LogP contribution in [-0.2, 0) is 0 Å². The van der Waals surface area contributed by atoms with Crippen molar-refractivity contribution in [3.63, 3.8) is 0 Å². The highest BCUT2D eigenvalue weighted by Crippen LogP contribution is 2.21. The second-order valence-corrected chi connectivity index (χ2v) is 4.54. The Labute approximate surface area is 108 Å². The maximum atomic E-state index is 13.5. The molecule has 94 valence electrons. The van der Waals surface area contributed by atoms with Crippen LogP contribution in [-0.4, -0.2) is 12.5 Å². The maximum absolute atomic E-state index is 13.5. The summed E-state index contributed by atoms with van der Waals surface area (Å²) < 4.78 is 27.0. The molecule has 17 heavy (non-hydrogen) atoms. The molecule has 0 aliphatic rings. The van der Waals surface area contributed by atoms with Gasteiger partial charge in [-0.05, 0) is 34.5 Å². The van der Waals surface area contributed by atoms with E-state index in [0.29, 0.717) is 6.54 Å². The number of carbonyl (C=O) groups excluding carboxylic acids is 1. The van der Waals surface area contributed by atoms with Gasteiger partial charge in [-0.3, -0.25) is 4.79 Å². The molecule has 0 bridgehead atoms. The summed E-state index contributed by atoms with van der Waals surface area (Å²) >= 11 is 2.92. The summed E-state index contributed by atoms with van der Waals surface area (Å²) in [4.78, 5) is 11.6. The number of amides is 1. The van der Waals surface area contributed by atoms with Gasteiger partial charge < -0.3 is 5.32 Å². The van der Waals surface area contributed by atoms with Crippen LogP contribution in [0.4, 0.5) is 8.78 Å². The quantitative estimate of drug-likeness (QED) is 0.653. The summed E-state index contributed by atoms with van der Waals surface area (Å²) in [6.07, 6.45) is 2.80. The zero-order chi connectivity index (χ0) is 12.8. The van der Waals surface area contributed by atoms with Crippen LogP contribution >= 0.6 is 15.9 Å². The predicted octanol–water partition coefficient (Wildman–Crippen LogP) is 3.65. The summed E-state index contributed by atoms with van der Waals surface area (Å²) in [6, 6.07) is 2.30. The maximum Gasteiger partial charge on any atom is 0.257 e. The topological polar surface area (TPSA) is 29.1 Å². The van der Waals surface area contributed by atoms with Gasteiger partial charge in [0.1, 0.15) is 11.4 Å². The number of benzene rings is 1. The van der Waals surface area contributed by atoms with Gasteiger partial charge in [-0.2, -0.15) is 0 Å². The molecule has 0 spiro atoms. The fourth-order valence-electron chi connectivity index (χ4n) is 1.40. The molecule has 1 aromatic rings. The molecule has 0 unspecified atom stereocenters. The minimum Gasteiger partial charge on any atom is -0.352 e. The first-order chi connectivity index (χ1) is 8.07. The van der Waals surface area contributed by atoms with E-state index in [9.17, 15) is 13.6 Å². The van der Waals surface area contributed by atoms with Crippen LogP contribution in [0.5, 0.6) is 0 Å². The van der Waals surface area contributed by atoms with E-state index < -0.39 is 23.1 Å². The molecule has 0 atom stereocenters. The van der Waals surface area contributed by atoms with Crippen molar-refractivity contribution in [2.45, 2.75) is 26.2 Å². The molecule has 0 heterocycles. The Hall–Kier alpha value is -0.970. The number of hydrogen-bond acceptors (Lipinski definition) is 1. The normalized spacial score (nSPS) is 10.4. The lowest BCUT2D eigenvalue weighted by Gasteiger charge is -2.07. The Morgan fingerprint density at radius 1 is 1.35 bits per heavy atom. The predicted molar refractivity (Wildman–Crippen MR) is 65.9 cm³/mol. The molecule has 1 N–H and O–H groups in total. The molecular weight excluding hydrogens is 292 g/mol. The minimum absolute atomic E-state index is 0.0811. The van der Waals surface area contributed by atoms with Gasteiger partial charge in [0.25, 0.3) is 5.91 Å². The highest BCUT2D eigenvalue weighted by molar-refractivity contribution is 9.10. The fraction of sp³-hybridized carbons (Fsp3) is 0.417. The second kappa shape index (κ2) is 6.69. The van der Waals surface area contributed by atoms with Gasteiger partial charge in [0.05, 0.1) is 4.47 Å². The molecule has 0 radical (unpaired) electrons. The van der Waals surface area contributed by atoms with Crippen LogP contribution in [0.2, 0.25) is 0 Å². The molecule has 0 aliphatic heterocycles. The number of hydrogen-bond donors (Lipinski definition) is 1. The fourth-order valence-corrected chi connectivity index (χ4v) is 1.73. The van der Waals surface area contributed by atoms with Gasteiger partial charge in [-0.25, -0.2) is 8.78 Å². The third-order valence-corrected chi connectivity index (χ3v) is 2.95. The van der Waals surface area contributed by atoms with E-state index in [2.05, 4.69) is 21.2 Å². The average Bonchev–Trinajstić information content (AvgIpc) is 2.30. The average molecular weight is 306 g/mol. The van der Waals surface area contributed by atoms with Crippen LogP contribution in [0.3, 0.4) is 0 Å². The summed E-state index contributed by atoms with van der Waals surface area (Å²) in [7, 11) is 0. The first-order valence-electron chi connectivity index (χ1n) is 5.49. The standard InChI is InChI=1S/C12H14BrF2NO/c1-2-3-4-7-16-12(17)10-9(14)6-5-8(13)11(10)15/h5-6H,2-4,7H2,1H3,(H,16,17). The number of halogens is 3. The summed E-state index contributed by atoms with van der Waals surface area (Å²) in [6.45, 7) is 2.47. The lowest BCUT2D eigenvalue weighted by Crippen LogP contribution is -2.26. The van der Waals surface area contributed by atoms with E-state index in [4.69, 9.17) is 0 Å². The van der Waals surface area contributed by atoms with Crippen LogP contribution < -0.4 is 5.32 Å². The van der Waals surface area contributed by atoms with Crippen LogP contribution in [0, 0.1) is 11.6 Å². The molecule has 1 amide bonds. The third-order valence-electron chi connectivity index (χ3n) is 2.34. The molecule has 5 heteroatoms. The Morgan fingerprint density at radius 2 is 2.06 bits per heavy atom. The number of rotatable bonds is 5. The Balaban J connectivity index is 2.72. The molecule has 0 aliphatic carbocycles. The smallest absolute Gasteiger partial charge is 0.257 e. The molecule has 2 nitrogen and oxygen atoms in total. The lowest BCUT2D eigenvalue weighted by molar-refractivity contribution is 0.0944. The Bertz CT molecular complexity index is 410. The van der Waals surface area contributed by atoms with Crippen molar-refractivity contribution in [3.05, 3.63) is 33.8 Å². The monoisotopic (exact) mass is 305 g/mol. The molecule has 0 saturated carbocycles. The van der Waals surface area contributed by atoms with Crippen molar-refractivity contribution < 1.29 is 13.6 Å². The zero-order valence-electron chi connectivity index (χ0n) is 9.53. The first kappa shape index (κ1) is 14.1. The van der Waals surface area contributed by atoms with E-state index in [0.717, 1.165) is 25.3 Å². The second-order valence-electron chi connectivity index (χ2n) is 3.68. The molecular formula is C12H14BrF2NO. The summed E-state index contributed by atoms with van der Waals surface area (Å²) in [5, 5.41) is 2.50. The lowest BCUT2D eigenvalue weighted by atomic mass is 10.2. The van der Waals surface area contributed by atoms with E-state index in [-0.39, 0.29) is 4.47 Å². The Kier molecular flexibility index (Phi) is 5.55. The Morgan fingerprint density at radius 3 is 2.71 bits per heavy atom. The molecule has 0 fully saturated rings. The van der Waals surface area contributed by atoms with E-state index in [1.807, 2.05) is 6.92 Å². The van der Waals surface area contributed by atoms with Gasteiger partial charge in [0, 0.05) is 6.54 Å². The zero-order valence-corrected chi connectivity index (χ0v) is 11.1. The van der Waals surface area contributed by atoms with Gasteiger partial charge >= 0.3 is 0 Å². The summed E-state index contributed by atoms with van der Waals surface area (Å²) in [5.74, 6) is -2.42. The molecule has 1 aromatic carbocycles. The van der Waals surface area contributed by atoms with Crippen molar-refractivity contribution >= 4 is 21.8 Å². The SMILES string of the molecule is CCCCCNC(=O)c1c(F)ccc(Br)c1F. The number of unbranched alkanes of at least 4 members (excludes halogenated alkanes) is 2.